The van der Waals surface area contributed by atoms with E-state index in [4.69, 9.17) is 11.6 Å². The topological polar surface area (TPSA) is 66.1 Å². The third-order valence-corrected chi connectivity index (χ3v) is 5.04. The van der Waals surface area contributed by atoms with Gasteiger partial charge in [0, 0.05) is 17.6 Å². The molecule has 0 bridgehead atoms. The van der Waals surface area contributed by atoms with E-state index in [1.165, 1.54) is 0 Å². The lowest BCUT2D eigenvalue weighted by Crippen LogP contribution is -2.40. The second kappa shape index (κ2) is 6.92. The van der Waals surface area contributed by atoms with Gasteiger partial charge >= 0.3 is 0 Å². The number of aromatic amines is 1. The van der Waals surface area contributed by atoms with Crippen LogP contribution in [0.1, 0.15) is 28.9 Å². The number of halogens is 1. The normalized spacial score (nSPS) is 17.0. The lowest BCUT2D eigenvalue weighted by molar-refractivity contribution is 0.0729. The minimum Gasteiger partial charge on any atom is -0.334 e. The number of nitrogens with zero attached hydrogens (tertiary/aromatic N) is 2. The van der Waals surface area contributed by atoms with Crippen LogP contribution in [-0.4, -0.2) is 33.4 Å². The molecule has 1 aliphatic rings. The molecule has 1 saturated heterocycles. The minimum atomic E-state index is -0.442. The van der Waals surface area contributed by atoms with Crippen molar-refractivity contribution in [1.29, 1.82) is 0 Å². The van der Waals surface area contributed by atoms with Gasteiger partial charge in [-0.05, 0) is 49.1 Å². The Labute approximate surface area is 155 Å². The van der Waals surface area contributed by atoms with E-state index < -0.39 is 5.56 Å². The van der Waals surface area contributed by atoms with Crippen molar-refractivity contribution in [2.75, 3.05) is 6.54 Å². The molecule has 1 atom stereocenters. The summed E-state index contributed by atoms with van der Waals surface area (Å²) >= 11 is 6.07. The second-order valence-corrected chi connectivity index (χ2v) is 7.00. The van der Waals surface area contributed by atoms with E-state index in [1.54, 1.807) is 17.0 Å². The van der Waals surface area contributed by atoms with E-state index in [0.29, 0.717) is 22.6 Å². The summed E-state index contributed by atoms with van der Waals surface area (Å²) in [7, 11) is 0. The van der Waals surface area contributed by atoms with Gasteiger partial charge in [0.2, 0.25) is 0 Å². The molecule has 1 aliphatic heterocycles. The SMILES string of the molecule is O=C(c1nc2ccccc2[nH]c1=O)N1CCC[C@@H]1Cc1cccc(Cl)c1. The van der Waals surface area contributed by atoms with Crippen LogP contribution < -0.4 is 5.56 Å². The summed E-state index contributed by atoms with van der Waals surface area (Å²) in [4.78, 5) is 34.2. The molecular formula is C20H18ClN3O2. The molecule has 0 spiro atoms. The maximum atomic E-state index is 13.0. The summed E-state index contributed by atoms with van der Waals surface area (Å²) in [5.41, 5.74) is 1.85. The van der Waals surface area contributed by atoms with Crippen LogP contribution in [0.5, 0.6) is 0 Å². The zero-order valence-electron chi connectivity index (χ0n) is 14.1. The van der Waals surface area contributed by atoms with Crippen molar-refractivity contribution in [3.8, 4) is 0 Å². The van der Waals surface area contributed by atoms with Crippen molar-refractivity contribution in [3.63, 3.8) is 0 Å². The van der Waals surface area contributed by atoms with Crippen molar-refractivity contribution in [2.45, 2.75) is 25.3 Å². The fourth-order valence-corrected chi connectivity index (χ4v) is 3.77. The minimum absolute atomic E-state index is 0.0401. The number of rotatable bonds is 3. The molecule has 6 heteroatoms. The van der Waals surface area contributed by atoms with Gasteiger partial charge in [0.1, 0.15) is 0 Å². The Balaban J connectivity index is 1.62. The number of hydrogen-bond donors (Lipinski definition) is 1. The molecule has 4 rings (SSSR count). The Morgan fingerprint density at radius 3 is 2.92 bits per heavy atom. The molecule has 0 unspecified atom stereocenters. The highest BCUT2D eigenvalue weighted by molar-refractivity contribution is 6.30. The van der Waals surface area contributed by atoms with Gasteiger partial charge in [-0.3, -0.25) is 9.59 Å². The molecule has 0 saturated carbocycles. The quantitative estimate of drug-likeness (QED) is 0.771. The van der Waals surface area contributed by atoms with Gasteiger partial charge in [-0.15, -0.1) is 0 Å². The highest BCUT2D eigenvalue weighted by Gasteiger charge is 2.31. The van der Waals surface area contributed by atoms with Crippen LogP contribution in [-0.2, 0) is 6.42 Å². The molecule has 1 aromatic heterocycles. The molecule has 5 nitrogen and oxygen atoms in total. The van der Waals surface area contributed by atoms with Gasteiger partial charge in [-0.1, -0.05) is 35.9 Å². The third kappa shape index (κ3) is 3.22. The average Bonchev–Trinajstić information content (AvgIpc) is 3.08. The first-order chi connectivity index (χ1) is 12.6. The summed E-state index contributed by atoms with van der Waals surface area (Å²) < 4.78 is 0. The highest BCUT2D eigenvalue weighted by atomic mass is 35.5. The standard InChI is InChI=1S/C20H18ClN3O2/c21-14-6-3-5-13(11-14)12-15-7-4-10-24(15)20(26)18-19(25)23-17-9-2-1-8-16(17)22-18/h1-3,5-6,8-9,11,15H,4,7,10,12H2,(H,23,25)/t15-/m1/s1. The summed E-state index contributed by atoms with van der Waals surface area (Å²) in [6, 6.07) is 14.9. The van der Waals surface area contributed by atoms with Crippen molar-refractivity contribution in [3.05, 3.63) is 75.2 Å². The number of carbonyl (C=O) groups excluding carboxylic acids is 1. The first-order valence-corrected chi connectivity index (χ1v) is 9.04. The molecule has 132 valence electrons. The fraction of sp³-hybridized carbons (Fsp3) is 0.250. The van der Waals surface area contributed by atoms with Crippen LogP contribution in [0, 0.1) is 0 Å². The molecule has 0 radical (unpaired) electrons. The van der Waals surface area contributed by atoms with Crippen molar-refractivity contribution in [1.82, 2.24) is 14.9 Å². The monoisotopic (exact) mass is 367 g/mol. The number of nitrogens with one attached hydrogen (secondary N) is 1. The summed E-state index contributed by atoms with van der Waals surface area (Å²) in [6.07, 6.45) is 2.55. The van der Waals surface area contributed by atoms with Crippen LogP contribution in [0.3, 0.4) is 0 Å². The van der Waals surface area contributed by atoms with Crippen molar-refractivity contribution < 1.29 is 4.79 Å². The zero-order chi connectivity index (χ0) is 18.1. The molecule has 1 amide bonds. The van der Waals surface area contributed by atoms with Gasteiger partial charge < -0.3 is 9.88 Å². The summed E-state index contributed by atoms with van der Waals surface area (Å²) in [5.74, 6) is -0.304. The number of amides is 1. The predicted molar refractivity (Wildman–Crippen MR) is 102 cm³/mol. The largest absolute Gasteiger partial charge is 0.334 e. The fourth-order valence-electron chi connectivity index (χ4n) is 3.56. The Morgan fingerprint density at radius 1 is 1.23 bits per heavy atom. The number of fused-ring (bicyclic) bond motifs is 1. The van der Waals surface area contributed by atoms with Crippen LogP contribution in [0.4, 0.5) is 0 Å². The Hall–Kier alpha value is -2.66. The highest BCUT2D eigenvalue weighted by Crippen LogP contribution is 2.24. The molecule has 2 aromatic carbocycles. The van der Waals surface area contributed by atoms with E-state index in [0.717, 1.165) is 24.8 Å². The number of hydrogen-bond acceptors (Lipinski definition) is 3. The van der Waals surface area contributed by atoms with Crippen molar-refractivity contribution >= 4 is 28.5 Å². The molecule has 1 fully saturated rings. The molecule has 2 heterocycles. The van der Waals surface area contributed by atoms with Crippen LogP contribution in [0.2, 0.25) is 5.02 Å². The Bertz CT molecular complexity index is 1030. The number of para-hydroxylation sites is 2. The van der Waals surface area contributed by atoms with Gasteiger partial charge in [0.05, 0.1) is 11.0 Å². The second-order valence-electron chi connectivity index (χ2n) is 6.56. The average molecular weight is 368 g/mol. The van der Waals surface area contributed by atoms with Gasteiger partial charge in [-0.25, -0.2) is 4.98 Å². The summed E-state index contributed by atoms with van der Waals surface area (Å²) in [6.45, 7) is 0.637. The first kappa shape index (κ1) is 16.8. The van der Waals surface area contributed by atoms with E-state index in [9.17, 15) is 9.59 Å². The molecule has 1 N–H and O–H groups in total. The molecule has 26 heavy (non-hydrogen) atoms. The van der Waals surface area contributed by atoms with E-state index in [2.05, 4.69) is 9.97 Å². The maximum absolute atomic E-state index is 13.0. The number of aromatic nitrogens is 2. The number of likely N-dealkylation sites (tertiary alicyclic amines) is 1. The molecule has 0 aliphatic carbocycles. The Kier molecular flexibility index (Phi) is 4.47. The maximum Gasteiger partial charge on any atom is 0.280 e. The van der Waals surface area contributed by atoms with Crippen LogP contribution in [0.15, 0.2) is 53.3 Å². The molecule has 3 aromatic rings. The molecular weight excluding hydrogens is 350 g/mol. The number of carbonyl (C=O) groups is 1. The van der Waals surface area contributed by atoms with Gasteiger partial charge in [0.15, 0.2) is 5.69 Å². The Morgan fingerprint density at radius 2 is 2.08 bits per heavy atom. The lowest BCUT2D eigenvalue weighted by atomic mass is 10.0. The van der Waals surface area contributed by atoms with Gasteiger partial charge in [-0.2, -0.15) is 0 Å². The van der Waals surface area contributed by atoms with E-state index in [-0.39, 0.29) is 17.6 Å². The number of H-pyrrole nitrogens is 1. The first-order valence-electron chi connectivity index (χ1n) is 8.66. The van der Waals surface area contributed by atoms with Crippen LogP contribution in [0.25, 0.3) is 11.0 Å². The van der Waals surface area contributed by atoms with E-state index >= 15 is 0 Å². The van der Waals surface area contributed by atoms with Gasteiger partial charge in [0.25, 0.3) is 11.5 Å². The third-order valence-electron chi connectivity index (χ3n) is 4.80. The van der Waals surface area contributed by atoms with Crippen molar-refractivity contribution in [2.24, 2.45) is 0 Å². The smallest absolute Gasteiger partial charge is 0.280 e. The zero-order valence-corrected chi connectivity index (χ0v) is 14.9. The van der Waals surface area contributed by atoms with Crippen LogP contribution >= 0.6 is 11.6 Å². The predicted octanol–water partition coefficient (Wildman–Crippen LogP) is 3.42. The number of benzene rings is 2. The summed E-state index contributed by atoms with van der Waals surface area (Å²) in [5, 5.41) is 0.686. The lowest BCUT2D eigenvalue weighted by Gasteiger charge is -2.24. The van der Waals surface area contributed by atoms with E-state index in [1.807, 2.05) is 36.4 Å².